The highest BCUT2D eigenvalue weighted by Gasteiger charge is 2.31. The molecule has 31 heavy (non-hydrogen) atoms. The SMILES string of the molecule is CC(C)(C)c1cc(NC(=O)C2CCCN(C(=O)c3ccc(Cl)cc3)C2)n(C(C)(C)C)n1. The summed E-state index contributed by atoms with van der Waals surface area (Å²) < 4.78 is 1.88. The molecule has 1 N–H and O–H groups in total. The molecule has 0 spiro atoms. The van der Waals surface area contributed by atoms with Gasteiger partial charge in [-0.3, -0.25) is 9.59 Å². The van der Waals surface area contributed by atoms with E-state index in [2.05, 4.69) is 46.9 Å². The van der Waals surface area contributed by atoms with Crippen LogP contribution in [0.5, 0.6) is 0 Å². The largest absolute Gasteiger partial charge is 0.338 e. The van der Waals surface area contributed by atoms with Gasteiger partial charge in [0.05, 0.1) is 17.2 Å². The summed E-state index contributed by atoms with van der Waals surface area (Å²) in [6.07, 6.45) is 1.55. The number of nitrogens with one attached hydrogen (secondary N) is 1. The Balaban J connectivity index is 1.75. The Kier molecular flexibility index (Phi) is 6.51. The minimum absolute atomic E-state index is 0.0658. The van der Waals surface area contributed by atoms with E-state index in [-0.39, 0.29) is 28.7 Å². The van der Waals surface area contributed by atoms with Crippen molar-refractivity contribution in [2.75, 3.05) is 18.4 Å². The molecule has 1 aromatic heterocycles. The van der Waals surface area contributed by atoms with Crippen LogP contribution in [0.2, 0.25) is 5.02 Å². The van der Waals surface area contributed by atoms with Gasteiger partial charge in [-0.15, -0.1) is 0 Å². The maximum atomic E-state index is 13.1. The lowest BCUT2D eigenvalue weighted by atomic mass is 9.92. The van der Waals surface area contributed by atoms with Crippen LogP contribution < -0.4 is 5.32 Å². The molecule has 2 heterocycles. The summed E-state index contributed by atoms with van der Waals surface area (Å²) in [5.41, 5.74) is 1.13. The quantitative estimate of drug-likeness (QED) is 0.717. The molecular weight excluding hydrogens is 412 g/mol. The number of amides is 2. The second-order valence-electron chi connectivity index (χ2n) is 10.3. The molecule has 2 amide bonds. The van der Waals surface area contributed by atoms with Gasteiger partial charge in [0.1, 0.15) is 5.82 Å². The van der Waals surface area contributed by atoms with Gasteiger partial charge in [-0.25, -0.2) is 4.68 Å². The van der Waals surface area contributed by atoms with Crippen LogP contribution >= 0.6 is 11.6 Å². The minimum atomic E-state index is -0.269. The lowest BCUT2D eigenvalue weighted by molar-refractivity contribution is -0.121. The molecule has 1 fully saturated rings. The summed E-state index contributed by atoms with van der Waals surface area (Å²) >= 11 is 5.93. The fraction of sp³-hybridized carbons (Fsp3) is 0.542. The van der Waals surface area contributed by atoms with Crippen molar-refractivity contribution in [3.8, 4) is 0 Å². The highest BCUT2D eigenvalue weighted by Crippen LogP contribution is 2.29. The van der Waals surface area contributed by atoms with Crippen molar-refractivity contribution in [1.82, 2.24) is 14.7 Å². The third-order valence-electron chi connectivity index (χ3n) is 5.54. The number of benzene rings is 1. The molecule has 0 aliphatic carbocycles. The Labute approximate surface area is 190 Å². The fourth-order valence-electron chi connectivity index (χ4n) is 3.73. The number of piperidine rings is 1. The Hall–Kier alpha value is -2.34. The van der Waals surface area contributed by atoms with Crippen molar-refractivity contribution in [3.63, 3.8) is 0 Å². The third kappa shape index (κ3) is 5.48. The number of anilines is 1. The molecule has 0 radical (unpaired) electrons. The molecular formula is C24H33ClN4O2. The number of halogens is 1. The number of carbonyl (C=O) groups is 2. The van der Waals surface area contributed by atoms with Crippen molar-refractivity contribution >= 4 is 29.2 Å². The minimum Gasteiger partial charge on any atom is -0.338 e. The number of likely N-dealkylation sites (tertiary alicyclic amines) is 1. The summed E-state index contributed by atoms with van der Waals surface area (Å²) in [6.45, 7) is 13.6. The first-order valence-electron chi connectivity index (χ1n) is 10.8. The zero-order valence-electron chi connectivity index (χ0n) is 19.3. The van der Waals surface area contributed by atoms with Gasteiger partial charge in [0, 0.05) is 35.2 Å². The van der Waals surface area contributed by atoms with Crippen LogP contribution in [0, 0.1) is 5.92 Å². The number of nitrogens with zero attached hydrogens (tertiary/aromatic N) is 3. The van der Waals surface area contributed by atoms with Gasteiger partial charge < -0.3 is 10.2 Å². The van der Waals surface area contributed by atoms with E-state index < -0.39 is 0 Å². The summed E-state index contributed by atoms with van der Waals surface area (Å²) in [4.78, 5) is 27.8. The Morgan fingerprint density at radius 1 is 1.10 bits per heavy atom. The highest BCUT2D eigenvalue weighted by molar-refractivity contribution is 6.30. The van der Waals surface area contributed by atoms with Gasteiger partial charge in [-0.05, 0) is 57.9 Å². The molecule has 1 aromatic carbocycles. The second kappa shape index (κ2) is 8.65. The number of carbonyl (C=O) groups excluding carboxylic acids is 2. The van der Waals surface area contributed by atoms with Crippen molar-refractivity contribution in [2.45, 2.75) is 65.3 Å². The van der Waals surface area contributed by atoms with E-state index in [1.807, 2.05) is 10.7 Å². The van der Waals surface area contributed by atoms with Crippen LogP contribution in [0.25, 0.3) is 0 Å². The monoisotopic (exact) mass is 444 g/mol. The molecule has 3 rings (SSSR count). The van der Waals surface area contributed by atoms with Gasteiger partial charge in [0.25, 0.3) is 5.91 Å². The molecule has 168 valence electrons. The molecule has 7 heteroatoms. The van der Waals surface area contributed by atoms with Crippen LogP contribution in [-0.4, -0.2) is 39.6 Å². The average Bonchev–Trinajstić information content (AvgIpc) is 3.13. The van der Waals surface area contributed by atoms with Crippen LogP contribution in [0.4, 0.5) is 5.82 Å². The maximum absolute atomic E-state index is 13.1. The van der Waals surface area contributed by atoms with Crippen LogP contribution in [0.3, 0.4) is 0 Å². The van der Waals surface area contributed by atoms with Crippen molar-refractivity contribution in [1.29, 1.82) is 0 Å². The van der Waals surface area contributed by atoms with E-state index in [0.29, 0.717) is 29.5 Å². The van der Waals surface area contributed by atoms with E-state index in [9.17, 15) is 9.59 Å². The Morgan fingerprint density at radius 3 is 2.32 bits per heavy atom. The predicted molar refractivity (Wildman–Crippen MR) is 125 cm³/mol. The molecule has 1 aliphatic heterocycles. The second-order valence-corrected chi connectivity index (χ2v) is 10.8. The van der Waals surface area contributed by atoms with Gasteiger partial charge in [-0.2, -0.15) is 5.10 Å². The summed E-state index contributed by atoms with van der Waals surface area (Å²) in [7, 11) is 0. The molecule has 6 nitrogen and oxygen atoms in total. The molecule has 1 unspecified atom stereocenters. The molecule has 1 atom stereocenters. The first-order valence-corrected chi connectivity index (χ1v) is 11.2. The van der Waals surface area contributed by atoms with Crippen LogP contribution in [0.1, 0.15) is 70.4 Å². The van der Waals surface area contributed by atoms with Gasteiger partial charge >= 0.3 is 0 Å². The van der Waals surface area contributed by atoms with E-state index >= 15 is 0 Å². The lowest BCUT2D eigenvalue weighted by Crippen LogP contribution is -2.44. The first kappa shape index (κ1) is 23.3. The van der Waals surface area contributed by atoms with Gasteiger partial charge in [0.15, 0.2) is 0 Å². The third-order valence-corrected chi connectivity index (χ3v) is 5.79. The van der Waals surface area contributed by atoms with E-state index in [0.717, 1.165) is 18.5 Å². The smallest absolute Gasteiger partial charge is 0.253 e. The maximum Gasteiger partial charge on any atom is 0.253 e. The zero-order chi connectivity index (χ0) is 23.0. The van der Waals surface area contributed by atoms with Crippen molar-refractivity contribution < 1.29 is 9.59 Å². The number of aromatic nitrogens is 2. The lowest BCUT2D eigenvalue weighted by Gasteiger charge is -2.32. The van der Waals surface area contributed by atoms with Crippen molar-refractivity contribution in [2.24, 2.45) is 5.92 Å². The highest BCUT2D eigenvalue weighted by atomic mass is 35.5. The van der Waals surface area contributed by atoms with Gasteiger partial charge in [0.2, 0.25) is 5.91 Å². The predicted octanol–water partition coefficient (Wildman–Crippen LogP) is 5.08. The molecule has 0 saturated carbocycles. The summed E-state index contributed by atoms with van der Waals surface area (Å²) in [6, 6.07) is 8.84. The van der Waals surface area contributed by atoms with E-state index in [1.54, 1.807) is 29.2 Å². The normalized spacial score (nSPS) is 17.5. The van der Waals surface area contributed by atoms with Crippen molar-refractivity contribution in [3.05, 3.63) is 46.6 Å². The van der Waals surface area contributed by atoms with E-state index in [4.69, 9.17) is 16.7 Å². The van der Waals surface area contributed by atoms with E-state index in [1.165, 1.54) is 0 Å². The average molecular weight is 445 g/mol. The molecule has 0 bridgehead atoms. The fourth-order valence-corrected chi connectivity index (χ4v) is 3.85. The van der Waals surface area contributed by atoms with Crippen LogP contribution in [0.15, 0.2) is 30.3 Å². The topological polar surface area (TPSA) is 67.2 Å². The summed E-state index contributed by atoms with van der Waals surface area (Å²) in [5.74, 6) is 0.304. The van der Waals surface area contributed by atoms with Crippen LogP contribution in [-0.2, 0) is 15.7 Å². The summed E-state index contributed by atoms with van der Waals surface area (Å²) in [5, 5.41) is 8.45. The molecule has 1 saturated heterocycles. The Morgan fingerprint density at radius 2 is 1.74 bits per heavy atom. The Bertz CT molecular complexity index is 951. The molecule has 1 aliphatic rings. The zero-order valence-corrected chi connectivity index (χ0v) is 20.1. The number of rotatable bonds is 3. The standard InChI is InChI=1S/C24H33ClN4O2/c1-23(2,3)19-14-20(29(27-19)24(4,5)6)26-21(30)17-8-7-13-28(15-17)22(31)16-9-11-18(25)12-10-16/h9-12,14,17H,7-8,13,15H2,1-6H3,(H,26,30). The van der Waals surface area contributed by atoms with Gasteiger partial charge in [-0.1, -0.05) is 32.4 Å². The number of hydrogen-bond donors (Lipinski definition) is 1. The number of hydrogen-bond acceptors (Lipinski definition) is 3. The molecule has 2 aromatic rings. The first-order chi connectivity index (χ1) is 14.4.